The van der Waals surface area contributed by atoms with E-state index in [1.54, 1.807) is 0 Å². The molecule has 0 bridgehead atoms. The monoisotopic (exact) mass is 742 g/mol. The van der Waals surface area contributed by atoms with Crippen LogP contribution >= 0.6 is 0 Å². The van der Waals surface area contributed by atoms with E-state index in [1.165, 1.54) is 11.1 Å². The molecular weight excluding hydrogens is 696 g/mol. The maximum absolute atomic E-state index is 5.20. The fourth-order valence-corrected chi connectivity index (χ4v) is 4.84. The number of nitrogens with zero attached hydrogens (tertiary/aromatic N) is 3. The van der Waals surface area contributed by atoms with Crippen LogP contribution in [0.3, 0.4) is 0 Å². The van der Waals surface area contributed by atoms with Crippen LogP contribution in [-0.4, -0.2) is 15.0 Å². The van der Waals surface area contributed by atoms with Crippen molar-refractivity contribution < 1.29 is 21.1 Å². The van der Waals surface area contributed by atoms with Crippen LogP contribution in [0.5, 0.6) is 0 Å². The van der Waals surface area contributed by atoms with Gasteiger partial charge < -0.3 is 5.32 Å². The molecule has 5 heteroatoms. The molecule has 0 saturated carbocycles. The van der Waals surface area contributed by atoms with Gasteiger partial charge in [0.1, 0.15) is 11.6 Å². The molecule has 42 heavy (non-hydrogen) atoms. The van der Waals surface area contributed by atoms with Gasteiger partial charge in [0.05, 0.1) is 11.4 Å². The van der Waals surface area contributed by atoms with Crippen molar-refractivity contribution in [3.63, 3.8) is 0 Å². The van der Waals surface area contributed by atoms with Crippen LogP contribution in [0.25, 0.3) is 22.6 Å². The molecule has 4 rings (SSSR count). The molecule has 0 spiro atoms. The molecule has 0 aliphatic carbocycles. The summed E-state index contributed by atoms with van der Waals surface area (Å²) in [6.45, 7) is 26.7. The molecule has 0 atom stereocenters. The minimum Gasteiger partial charge on any atom is -0.325 e. The van der Waals surface area contributed by atoms with Crippen molar-refractivity contribution in [3.8, 4) is 22.6 Å². The van der Waals surface area contributed by atoms with Gasteiger partial charge in [0.15, 0.2) is 0 Å². The van der Waals surface area contributed by atoms with Crippen molar-refractivity contribution in [1.82, 2.24) is 15.0 Å². The van der Waals surface area contributed by atoms with Gasteiger partial charge in [-0.25, -0.2) is 4.98 Å². The Morgan fingerprint density at radius 2 is 1.05 bits per heavy atom. The van der Waals surface area contributed by atoms with E-state index in [9.17, 15) is 0 Å². The predicted molar refractivity (Wildman–Crippen MR) is 174 cm³/mol. The summed E-state index contributed by atoms with van der Waals surface area (Å²) in [5, 5.41) is 3.70. The first-order valence-electron chi connectivity index (χ1n) is 14.6. The average Bonchev–Trinajstić information content (AvgIpc) is 2.86. The quantitative estimate of drug-likeness (QED) is 0.212. The van der Waals surface area contributed by atoms with Crippen LogP contribution in [0.2, 0.25) is 0 Å². The molecule has 0 amide bonds. The first-order valence-corrected chi connectivity index (χ1v) is 14.6. The van der Waals surface area contributed by atoms with Gasteiger partial charge in [-0.3, -0.25) is 9.97 Å². The molecule has 4 nitrogen and oxygen atoms in total. The van der Waals surface area contributed by atoms with Crippen LogP contribution in [0.1, 0.15) is 105 Å². The maximum Gasteiger partial charge on any atom is 0.136 e. The number of aromatic nitrogens is 3. The summed E-state index contributed by atoms with van der Waals surface area (Å²) in [6.07, 6.45) is 1.88. The molecular formula is C37H47N4Pt-. The van der Waals surface area contributed by atoms with E-state index in [2.05, 4.69) is 143 Å². The summed E-state index contributed by atoms with van der Waals surface area (Å²) in [5.41, 5.74) is 8.16. The molecule has 0 fully saturated rings. The molecule has 4 aromatic rings. The van der Waals surface area contributed by atoms with Gasteiger partial charge in [0.25, 0.3) is 0 Å². The molecule has 0 radical (unpaired) electrons. The summed E-state index contributed by atoms with van der Waals surface area (Å²) >= 11 is 0. The van der Waals surface area contributed by atoms with Gasteiger partial charge in [0, 0.05) is 32.8 Å². The third-order valence-corrected chi connectivity index (χ3v) is 7.48. The van der Waals surface area contributed by atoms with Gasteiger partial charge >= 0.3 is 0 Å². The van der Waals surface area contributed by atoms with Crippen molar-refractivity contribution in [3.05, 3.63) is 89.1 Å². The Morgan fingerprint density at radius 3 is 1.57 bits per heavy atom. The Balaban J connectivity index is 0.00000484. The number of hydrogen-bond donors (Lipinski definition) is 1. The summed E-state index contributed by atoms with van der Waals surface area (Å²) in [5.74, 6) is 1.62. The molecule has 1 aromatic carbocycles. The van der Waals surface area contributed by atoms with Gasteiger partial charge in [-0.1, -0.05) is 101 Å². The van der Waals surface area contributed by atoms with Crippen LogP contribution < -0.4 is 5.32 Å². The van der Waals surface area contributed by atoms with E-state index < -0.39 is 0 Å². The van der Waals surface area contributed by atoms with Crippen LogP contribution in [0.4, 0.5) is 11.6 Å². The summed E-state index contributed by atoms with van der Waals surface area (Å²) in [7, 11) is 0. The van der Waals surface area contributed by atoms with Crippen LogP contribution in [0.15, 0.2) is 60.8 Å². The number of pyridine rings is 3. The van der Waals surface area contributed by atoms with Crippen molar-refractivity contribution in [2.24, 2.45) is 0 Å². The molecule has 1 N–H and O–H groups in total. The third-order valence-electron chi connectivity index (χ3n) is 7.48. The number of anilines is 2. The second kappa shape index (κ2) is 12.0. The van der Waals surface area contributed by atoms with Crippen molar-refractivity contribution in [1.29, 1.82) is 0 Å². The molecule has 0 saturated heterocycles. The topological polar surface area (TPSA) is 50.7 Å². The van der Waals surface area contributed by atoms with Gasteiger partial charge in [0.2, 0.25) is 0 Å². The molecule has 0 aliphatic heterocycles. The minimum atomic E-state index is -0.122. The maximum atomic E-state index is 5.20. The first kappa shape index (κ1) is 33.7. The van der Waals surface area contributed by atoms with E-state index in [0.29, 0.717) is 0 Å². The fraction of sp³-hybridized carbons (Fsp3) is 0.432. The van der Waals surface area contributed by atoms with Crippen molar-refractivity contribution >= 4 is 11.6 Å². The number of hydrogen-bond acceptors (Lipinski definition) is 4. The third kappa shape index (κ3) is 7.75. The Kier molecular flexibility index (Phi) is 9.65. The van der Waals surface area contributed by atoms with E-state index in [-0.39, 0.29) is 42.7 Å². The second-order valence-corrected chi connectivity index (χ2v) is 15.2. The Morgan fingerprint density at radius 1 is 0.548 bits per heavy atom. The second-order valence-electron chi connectivity index (χ2n) is 15.2. The normalized spacial score (nSPS) is 12.6. The van der Waals surface area contributed by atoms with E-state index in [0.717, 1.165) is 45.4 Å². The van der Waals surface area contributed by atoms with Gasteiger partial charge in [-0.05, 0) is 56.7 Å². The summed E-state index contributed by atoms with van der Waals surface area (Å²) in [6, 6.07) is 22.6. The molecule has 3 heterocycles. The van der Waals surface area contributed by atoms with Gasteiger partial charge in [-0.15, -0.1) is 35.4 Å². The Bertz CT molecular complexity index is 1430. The SMILES string of the molecule is CC(C)(C)c1cc[c-]c(-c2ccc(C(C)(C)C)c(Nc3nc(-c4cc(C(C)(C)C)ccn4)ccc3C(C)(C)C)n2)c1.[Pt]. The number of nitrogens with one attached hydrogen (secondary N) is 1. The Labute approximate surface area is 268 Å². The average molecular weight is 743 g/mol. The molecule has 0 aliphatic rings. The van der Waals surface area contributed by atoms with E-state index in [4.69, 9.17) is 15.0 Å². The Hall–Kier alpha value is -2.84. The summed E-state index contributed by atoms with van der Waals surface area (Å²) < 4.78 is 0. The van der Waals surface area contributed by atoms with Crippen LogP contribution in [-0.2, 0) is 42.7 Å². The first-order chi connectivity index (χ1) is 18.8. The van der Waals surface area contributed by atoms with E-state index >= 15 is 0 Å². The zero-order valence-electron chi connectivity index (χ0n) is 27.4. The van der Waals surface area contributed by atoms with Crippen molar-refractivity contribution in [2.45, 2.75) is 105 Å². The summed E-state index contributed by atoms with van der Waals surface area (Å²) in [4.78, 5) is 15.1. The van der Waals surface area contributed by atoms with Crippen molar-refractivity contribution in [2.75, 3.05) is 5.32 Å². The zero-order chi connectivity index (χ0) is 30.4. The fourth-order valence-electron chi connectivity index (χ4n) is 4.84. The number of rotatable bonds is 4. The van der Waals surface area contributed by atoms with Crippen LogP contribution in [0, 0.1) is 6.07 Å². The molecule has 0 unspecified atom stereocenters. The molecule has 226 valence electrons. The minimum absolute atomic E-state index is 0. The molecule has 3 aromatic heterocycles. The zero-order valence-corrected chi connectivity index (χ0v) is 29.7. The smallest absolute Gasteiger partial charge is 0.136 e. The predicted octanol–water partition coefficient (Wildman–Crippen LogP) is 9.94. The van der Waals surface area contributed by atoms with E-state index in [1.807, 2.05) is 12.3 Å². The van der Waals surface area contributed by atoms with Gasteiger partial charge in [-0.2, -0.15) is 0 Å². The standard InChI is InChI=1S/C37H47N4.Pt/c1-34(2,3)25-15-13-14-24(22-25)29-18-16-27(36(7,8)9)32(39-29)41-33-28(37(10,11)12)17-19-30(40-33)31-23-26(20-21-38-31)35(4,5)6;/h13,15-23H,1-12H3,(H,39,40,41);/q-1;. The largest absolute Gasteiger partial charge is 0.325 e. The number of benzene rings is 1.